The third-order valence-corrected chi connectivity index (χ3v) is 10.0. The average Bonchev–Trinajstić information content (AvgIpc) is 3.62. The van der Waals surface area contributed by atoms with Gasteiger partial charge in [-0.2, -0.15) is 10.2 Å². The molecule has 0 aliphatic carbocycles. The molecule has 0 amide bonds. The number of hydrogen-bond donors (Lipinski definition) is 4. The number of benzene rings is 4. The first kappa shape index (κ1) is 50.2. The van der Waals surface area contributed by atoms with E-state index in [9.17, 15) is 56.9 Å². The van der Waals surface area contributed by atoms with Gasteiger partial charge in [0.25, 0.3) is 22.5 Å². The summed E-state index contributed by atoms with van der Waals surface area (Å²) in [5.74, 6) is -1.85. The predicted octanol–water partition coefficient (Wildman–Crippen LogP) is 0.656. The third kappa shape index (κ3) is 11.2. The van der Waals surface area contributed by atoms with E-state index in [4.69, 9.17) is 10.3 Å². The second-order valence-corrected chi connectivity index (χ2v) is 15.8. The molecule has 0 saturated heterocycles. The van der Waals surface area contributed by atoms with Gasteiger partial charge >= 0.3 is 46.9 Å². The molecule has 4 aromatic carbocycles. The van der Waals surface area contributed by atoms with Gasteiger partial charge in [-0.15, -0.1) is 10.2 Å². The van der Waals surface area contributed by atoms with Gasteiger partial charge in [0, 0.05) is 23.6 Å². The number of hydrogen-bond acceptors (Lipinski definition) is 16. The van der Waals surface area contributed by atoms with Gasteiger partial charge in [0.05, 0.1) is 53.8 Å². The molecule has 62 heavy (non-hydrogen) atoms. The molecule has 6 N–H and O–H groups in total. The van der Waals surface area contributed by atoms with Crippen LogP contribution in [-0.2, 0) is 37.4 Å². The summed E-state index contributed by atoms with van der Waals surface area (Å²) in [6.45, 7) is 6.15. The fourth-order valence-corrected chi connectivity index (χ4v) is 6.48. The molecule has 0 atom stereocenters. The van der Waals surface area contributed by atoms with Crippen LogP contribution in [0.3, 0.4) is 0 Å². The number of nitro groups is 2. The third-order valence-electron chi connectivity index (χ3n) is 8.19. The molecule has 6 aromatic rings. The summed E-state index contributed by atoms with van der Waals surface area (Å²) in [5.41, 5.74) is -1.73. The monoisotopic (exact) mass is 937 g/mol. The van der Waals surface area contributed by atoms with Gasteiger partial charge in [-0.1, -0.05) is 12.1 Å². The van der Waals surface area contributed by atoms with Crippen LogP contribution in [-0.4, -0.2) is 46.2 Å². The van der Waals surface area contributed by atoms with Gasteiger partial charge in [0.2, 0.25) is 20.0 Å². The van der Waals surface area contributed by atoms with Crippen molar-refractivity contribution in [3.8, 4) is 22.9 Å². The molecule has 2 heterocycles. The minimum absolute atomic E-state index is 0. The number of nitrogens with two attached hydrogens (primary N) is 2. The maximum absolute atomic E-state index is 12.7. The van der Waals surface area contributed by atoms with Crippen LogP contribution in [0.1, 0.15) is 22.5 Å². The molecule has 24 nitrogen and oxygen atoms in total. The first-order chi connectivity index (χ1) is 28.0. The Balaban J connectivity index is 0.000000320. The van der Waals surface area contributed by atoms with E-state index in [-0.39, 0.29) is 102 Å². The van der Waals surface area contributed by atoms with Crippen molar-refractivity contribution in [1.82, 2.24) is 19.6 Å². The van der Waals surface area contributed by atoms with Crippen LogP contribution >= 0.6 is 0 Å². The summed E-state index contributed by atoms with van der Waals surface area (Å²) in [7, 11) is -7.95. The molecule has 0 bridgehead atoms. The van der Waals surface area contributed by atoms with Crippen LogP contribution in [0.4, 0.5) is 34.1 Å². The normalized spacial score (nSPS) is 11.5. The average molecular weight is 938 g/mol. The molecule has 0 spiro atoms. The number of nitro benzene ring substituents is 2. The van der Waals surface area contributed by atoms with Crippen LogP contribution < -0.4 is 61.2 Å². The largest absolute Gasteiger partial charge is 3.00 e. The van der Waals surface area contributed by atoms with Crippen LogP contribution in [0.15, 0.2) is 113 Å². The number of nitrogens with one attached hydrogen (secondary N) is 2. The Morgan fingerprint density at radius 3 is 1.24 bits per heavy atom. The molecule has 315 valence electrons. The maximum atomic E-state index is 12.7. The number of aromatic amines is 2. The molecule has 0 aliphatic rings. The van der Waals surface area contributed by atoms with Crippen LogP contribution in [0.2, 0.25) is 0 Å². The zero-order valence-corrected chi connectivity index (χ0v) is 37.7. The summed E-state index contributed by atoms with van der Waals surface area (Å²) in [5, 5.41) is 77.0. The van der Waals surface area contributed by atoms with Crippen molar-refractivity contribution in [2.24, 2.45) is 30.7 Å². The van der Waals surface area contributed by atoms with Crippen molar-refractivity contribution < 1.29 is 83.8 Å². The SMILES string of the molecule is Cc1cc(N=Nc2c(C)[nH]n(-c3cccc(S(N)(=O)=O)c3)c2=O)c([O-])c([N+](=O)[O-])c1.Cc1cc(N=Nc2c(C)[nH]n(-c3cccc(S(N)(=O)=O)c3)c2=O)c([O-])c([N+](=O)[O-])c1.[Cr+3].[Na+]. The van der Waals surface area contributed by atoms with Gasteiger partial charge < -0.3 is 10.2 Å². The van der Waals surface area contributed by atoms with E-state index in [1.807, 2.05) is 0 Å². The summed E-state index contributed by atoms with van der Waals surface area (Å²) in [4.78, 5) is 45.4. The van der Waals surface area contributed by atoms with Crippen LogP contribution in [0.25, 0.3) is 11.4 Å². The summed E-state index contributed by atoms with van der Waals surface area (Å²) in [6.07, 6.45) is 0. The standard InChI is InChI=1S/2C17H16N6O6S.Cr.Na/c2*1-9-6-13(16(24)14(7-9)23(26)27)19-20-15-10(2)21-22(17(15)25)11-4-3-5-12(8-11)30(18,28)29;;/h2*3-8,21,24H,1-2H3,(H2,18,28,29);;/q;;+3;+1/p-2. The quantitative estimate of drug-likeness (QED) is 0.0637. The van der Waals surface area contributed by atoms with Crippen LogP contribution in [0, 0.1) is 47.9 Å². The van der Waals surface area contributed by atoms with E-state index in [0.717, 1.165) is 21.5 Å². The summed E-state index contributed by atoms with van der Waals surface area (Å²) in [6, 6.07) is 15.6. The summed E-state index contributed by atoms with van der Waals surface area (Å²) < 4.78 is 48.2. The number of H-pyrrole nitrogens is 2. The molecule has 6 rings (SSSR count). The van der Waals surface area contributed by atoms with E-state index >= 15 is 0 Å². The van der Waals surface area contributed by atoms with Gasteiger partial charge in [0.1, 0.15) is 0 Å². The van der Waals surface area contributed by atoms with E-state index in [2.05, 4.69) is 30.7 Å². The Kier molecular flexibility index (Phi) is 16.0. The zero-order chi connectivity index (χ0) is 44.4. The Morgan fingerprint density at radius 1 is 0.597 bits per heavy atom. The van der Waals surface area contributed by atoms with E-state index in [0.29, 0.717) is 11.1 Å². The van der Waals surface area contributed by atoms with Gasteiger partial charge in [0.15, 0.2) is 11.4 Å². The van der Waals surface area contributed by atoms with E-state index < -0.39 is 63.9 Å². The van der Waals surface area contributed by atoms with E-state index in [1.54, 1.807) is 13.8 Å². The van der Waals surface area contributed by atoms with Gasteiger partial charge in [-0.05, 0) is 87.4 Å². The molecule has 2 aromatic heterocycles. The van der Waals surface area contributed by atoms with Crippen molar-refractivity contribution in [1.29, 1.82) is 0 Å². The van der Waals surface area contributed by atoms with Crippen molar-refractivity contribution in [3.05, 3.63) is 136 Å². The fourth-order valence-electron chi connectivity index (χ4n) is 5.37. The number of aromatic nitrogens is 4. The molecular weight excluding hydrogens is 908 g/mol. The molecular formula is C34H30CrN12NaO12S2+2. The Hall–Kier alpha value is -6.15. The van der Waals surface area contributed by atoms with Gasteiger partial charge in [-0.25, -0.2) is 36.5 Å². The first-order valence-corrected chi connectivity index (χ1v) is 19.7. The zero-order valence-electron chi connectivity index (χ0n) is 32.8. The molecule has 0 unspecified atom stereocenters. The summed E-state index contributed by atoms with van der Waals surface area (Å²) >= 11 is 0. The second-order valence-electron chi connectivity index (χ2n) is 12.7. The topological polar surface area (TPSA) is 378 Å². The number of primary sulfonamides is 2. The molecule has 0 saturated carbocycles. The molecule has 1 radical (unpaired) electrons. The number of rotatable bonds is 10. The van der Waals surface area contributed by atoms with Gasteiger partial charge in [-0.3, -0.25) is 40.0 Å². The van der Waals surface area contributed by atoms with Crippen molar-refractivity contribution >= 4 is 54.2 Å². The van der Waals surface area contributed by atoms with Crippen molar-refractivity contribution in [2.75, 3.05) is 0 Å². The maximum Gasteiger partial charge on any atom is 3.00 e. The van der Waals surface area contributed by atoms with Crippen molar-refractivity contribution in [2.45, 2.75) is 37.5 Å². The van der Waals surface area contributed by atoms with E-state index in [1.165, 1.54) is 74.5 Å². The Bertz CT molecular complexity index is 2940. The van der Waals surface area contributed by atoms with Crippen LogP contribution in [0.5, 0.6) is 11.5 Å². The minimum atomic E-state index is -3.98. The minimum Gasteiger partial charge on any atom is -0.866 e. The number of nitrogens with zero attached hydrogens (tertiary/aromatic N) is 8. The number of azo groups is 2. The fraction of sp³-hybridized carbons (Fsp3) is 0.118. The Labute approximate surface area is 382 Å². The first-order valence-electron chi connectivity index (χ1n) is 16.6. The Morgan fingerprint density at radius 2 is 0.935 bits per heavy atom. The number of sulfonamides is 2. The smallest absolute Gasteiger partial charge is 0.866 e. The number of aryl methyl sites for hydroxylation is 4. The molecule has 0 aliphatic heterocycles. The molecule has 0 fully saturated rings. The van der Waals surface area contributed by atoms with Crippen molar-refractivity contribution in [3.63, 3.8) is 0 Å². The predicted molar refractivity (Wildman–Crippen MR) is 208 cm³/mol. The second kappa shape index (κ2) is 19.7. The molecule has 28 heteroatoms.